The highest BCUT2D eigenvalue weighted by Crippen LogP contribution is 2.36. The van der Waals surface area contributed by atoms with Crippen LogP contribution in [0.2, 0.25) is 10.0 Å². The minimum absolute atomic E-state index is 0.0104. The Bertz CT molecular complexity index is 2040. The third kappa shape index (κ3) is 8.93. The van der Waals surface area contributed by atoms with E-state index < -0.39 is 17.8 Å². The van der Waals surface area contributed by atoms with Gasteiger partial charge in [-0.15, -0.1) is 0 Å². The van der Waals surface area contributed by atoms with Crippen LogP contribution in [-0.4, -0.2) is 52.9 Å². The molecular weight excluding hydrogens is 681 g/mol. The van der Waals surface area contributed by atoms with Crippen LogP contribution in [0.25, 0.3) is 17.0 Å². The Kier molecular flexibility index (Phi) is 12.0. The van der Waals surface area contributed by atoms with Gasteiger partial charge >= 0.3 is 5.97 Å². The molecule has 0 atom stereocenters. The fourth-order valence-corrected chi connectivity index (χ4v) is 5.39. The molecule has 5 aromatic rings. The van der Waals surface area contributed by atoms with E-state index in [1.54, 1.807) is 44.4 Å². The summed E-state index contributed by atoms with van der Waals surface area (Å²) in [4.78, 5) is 51.6. The lowest BCUT2D eigenvalue weighted by atomic mass is 10.1. The summed E-state index contributed by atoms with van der Waals surface area (Å²) >= 11 is 13.3. The summed E-state index contributed by atoms with van der Waals surface area (Å²) in [6.07, 6.45) is 5.93. The van der Waals surface area contributed by atoms with E-state index in [9.17, 15) is 14.4 Å². The van der Waals surface area contributed by atoms with Crippen LogP contribution < -0.4 is 19.7 Å². The molecule has 0 spiro atoms. The number of ether oxygens (including phenoxy) is 3. The van der Waals surface area contributed by atoms with Crippen molar-refractivity contribution in [1.29, 1.82) is 0 Å². The Labute approximate surface area is 298 Å². The lowest BCUT2D eigenvalue weighted by molar-refractivity contribution is -0.122. The second kappa shape index (κ2) is 16.7. The number of likely N-dealkylation sites (N-methyl/N-ethyl adjacent to an activating group) is 1. The SMILES string of the molecule is CCOC(=O)c1ccc(C=CC(=O)NCC(=O)N(C)c2ccc(Cl)c(COc3cccc4c(OCc5ccccn5)cc(C)nc34)c2Cl)cn1. The number of rotatable bonds is 13. The van der Waals surface area contributed by atoms with E-state index in [1.807, 2.05) is 43.3 Å². The van der Waals surface area contributed by atoms with Crippen molar-refractivity contribution in [3.8, 4) is 11.5 Å². The highest BCUT2D eigenvalue weighted by atomic mass is 35.5. The first-order valence-electron chi connectivity index (χ1n) is 15.5. The minimum atomic E-state index is -0.529. The third-order valence-corrected chi connectivity index (χ3v) is 8.16. The molecule has 2 aromatic carbocycles. The van der Waals surface area contributed by atoms with Gasteiger partial charge in [-0.05, 0) is 68.0 Å². The van der Waals surface area contributed by atoms with Crippen LogP contribution in [0.15, 0.2) is 85.2 Å². The first-order chi connectivity index (χ1) is 24.1. The zero-order valence-electron chi connectivity index (χ0n) is 27.5. The van der Waals surface area contributed by atoms with E-state index >= 15 is 0 Å². The van der Waals surface area contributed by atoms with Crippen LogP contribution in [0.1, 0.15) is 39.9 Å². The summed E-state index contributed by atoms with van der Waals surface area (Å²) in [6.45, 7) is 3.81. The number of esters is 1. The third-order valence-electron chi connectivity index (χ3n) is 7.38. The Morgan fingerprint density at radius 2 is 1.76 bits per heavy atom. The van der Waals surface area contributed by atoms with E-state index in [4.69, 9.17) is 42.4 Å². The van der Waals surface area contributed by atoms with Crippen LogP contribution in [0, 0.1) is 6.92 Å². The molecule has 5 rings (SSSR count). The van der Waals surface area contributed by atoms with Gasteiger partial charge in [-0.25, -0.2) is 14.8 Å². The molecule has 0 radical (unpaired) electrons. The summed E-state index contributed by atoms with van der Waals surface area (Å²) in [5.41, 5.74) is 3.74. The van der Waals surface area contributed by atoms with Gasteiger partial charge in [0, 0.05) is 53.2 Å². The number of nitrogens with zero attached hydrogens (tertiary/aromatic N) is 4. The van der Waals surface area contributed by atoms with Crippen molar-refractivity contribution in [2.75, 3.05) is 25.1 Å². The number of para-hydroxylation sites is 1. The number of anilines is 1. The molecule has 13 heteroatoms. The van der Waals surface area contributed by atoms with Gasteiger partial charge in [0.05, 0.1) is 29.6 Å². The molecule has 0 saturated heterocycles. The maximum absolute atomic E-state index is 13.0. The van der Waals surface area contributed by atoms with Crippen molar-refractivity contribution in [3.05, 3.63) is 123 Å². The van der Waals surface area contributed by atoms with Gasteiger partial charge in [-0.3, -0.25) is 14.6 Å². The highest BCUT2D eigenvalue weighted by molar-refractivity contribution is 6.38. The lowest BCUT2D eigenvalue weighted by Crippen LogP contribution is -2.37. The van der Waals surface area contributed by atoms with Crippen LogP contribution in [0.5, 0.6) is 11.5 Å². The fraction of sp³-hybridized carbons (Fsp3) is 0.189. The minimum Gasteiger partial charge on any atom is -0.487 e. The fourth-order valence-electron chi connectivity index (χ4n) is 4.79. The van der Waals surface area contributed by atoms with Crippen molar-refractivity contribution in [2.45, 2.75) is 27.1 Å². The second-order valence-corrected chi connectivity index (χ2v) is 11.7. The predicted molar refractivity (Wildman–Crippen MR) is 191 cm³/mol. The van der Waals surface area contributed by atoms with Gasteiger partial charge in [0.1, 0.15) is 35.9 Å². The Hall–Kier alpha value is -5.52. The molecule has 0 bridgehead atoms. The van der Waals surface area contributed by atoms with Gasteiger partial charge < -0.3 is 24.4 Å². The molecule has 0 saturated carbocycles. The van der Waals surface area contributed by atoms with Crippen LogP contribution in [0.4, 0.5) is 5.69 Å². The number of nitrogens with one attached hydrogen (secondary N) is 1. The van der Waals surface area contributed by atoms with Gasteiger partial charge in [0.25, 0.3) is 0 Å². The zero-order chi connectivity index (χ0) is 35.6. The molecule has 0 aliphatic rings. The molecule has 0 aliphatic heterocycles. The molecule has 0 unspecified atom stereocenters. The standard InChI is InChI=1S/C37H33Cl2N5O6/c1-4-48-37(47)29-14-11-24(19-41-29)12-16-33(45)42-20-34(46)44(3)30-15-13-28(38)27(35(30)39)22-50-31-10-7-9-26-32(18-23(2)43-36(26)31)49-21-25-8-5-6-17-40-25/h5-19H,4,20-22H2,1-3H3,(H,42,45). The number of pyridine rings is 3. The predicted octanol–water partition coefficient (Wildman–Crippen LogP) is 6.77. The van der Waals surface area contributed by atoms with E-state index in [0.717, 1.165) is 16.8 Å². The van der Waals surface area contributed by atoms with Gasteiger partial charge in [0.2, 0.25) is 11.8 Å². The molecule has 3 heterocycles. The van der Waals surface area contributed by atoms with Crippen LogP contribution in [0.3, 0.4) is 0 Å². The average Bonchev–Trinajstić information content (AvgIpc) is 3.12. The summed E-state index contributed by atoms with van der Waals surface area (Å²) in [7, 11) is 1.55. The number of fused-ring (bicyclic) bond motifs is 1. The number of benzene rings is 2. The normalized spacial score (nSPS) is 11.0. The Balaban J connectivity index is 1.23. The maximum atomic E-state index is 13.0. The van der Waals surface area contributed by atoms with Crippen molar-refractivity contribution in [2.24, 2.45) is 0 Å². The topological polar surface area (TPSA) is 133 Å². The highest BCUT2D eigenvalue weighted by Gasteiger charge is 2.20. The first kappa shape index (κ1) is 35.8. The van der Waals surface area contributed by atoms with Gasteiger partial charge in [0.15, 0.2) is 0 Å². The molecule has 0 aliphatic carbocycles. The first-order valence-corrected chi connectivity index (χ1v) is 16.3. The van der Waals surface area contributed by atoms with Crippen molar-refractivity contribution < 1.29 is 28.6 Å². The number of aromatic nitrogens is 3. The van der Waals surface area contributed by atoms with Crippen LogP contribution in [-0.2, 0) is 27.5 Å². The van der Waals surface area contributed by atoms with Gasteiger partial charge in [-0.1, -0.05) is 41.4 Å². The molecule has 256 valence electrons. The summed E-state index contributed by atoms with van der Waals surface area (Å²) in [5.74, 6) is -0.306. The number of halogens is 2. The molecule has 50 heavy (non-hydrogen) atoms. The number of carbonyl (C=O) groups is 3. The number of hydrogen-bond acceptors (Lipinski definition) is 9. The second-order valence-electron chi connectivity index (χ2n) is 10.9. The van der Waals surface area contributed by atoms with Crippen molar-refractivity contribution >= 4 is 63.7 Å². The van der Waals surface area contributed by atoms with E-state index in [-0.39, 0.29) is 30.5 Å². The summed E-state index contributed by atoms with van der Waals surface area (Å²) in [5, 5.41) is 3.90. The van der Waals surface area contributed by atoms with Crippen molar-refractivity contribution in [1.82, 2.24) is 20.3 Å². The molecule has 2 amide bonds. The van der Waals surface area contributed by atoms with E-state index in [1.165, 1.54) is 29.3 Å². The number of aryl methyl sites for hydroxylation is 1. The molecule has 1 N–H and O–H groups in total. The van der Waals surface area contributed by atoms with Crippen molar-refractivity contribution in [3.63, 3.8) is 0 Å². The smallest absolute Gasteiger partial charge is 0.356 e. The number of hydrogen-bond donors (Lipinski definition) is 1. The van der Waals surface area contributed by atoms with Crippen LogP contribution >= 0.6 is 23.2 Å². The molecule has 11 nitrogen and oxygen atoms in total. The maximum Gasteiger partial charge on any atom is 0.356 e. The molecule has 3 aromatic heterocycles. The zero-order valence-corrected chi connectivity index (χ0v) is 29.0. The Morgan fingerprint density at radius 3 is 2.50 bits per heavy atom. The number of amides is 2. The van der Waals surface area contributed by atoms with Gasteiger partial charge in [-0.2, -0.15) is 0 Å². The largest absolute Gasteiger partial charge is 0.487 e. The summed E-state index contributed by atoms with van der Waals surface area (Å²) in [6, 6.07) is 19.4. The average molecular weight is 715 g/mol. The lowest BCUT2D eigenvalue weighted by Gasteiger charge is -2.21. The molecule has 0 fully saturated rings. The van der Waals surface area contributed by atoms with E-state index in [0.29, 0.717) is 45.5 Å². The summed E-state index contributed by atoms with van der Waals surface area (Å²) < 4.78 is 17.2. The Morgan fingerprint density at radius 1 is 0.940 bits per heavy atom. The van der Waals surface area contributed by atoms with E-state index in [2.05, 4.69) is 15.3 Å². The number of carbonyl (C=O) groups excluding carboxylic acids is 3. The monoisotopic (exact) mass is 713 g/mol. The molecular formula is C37H33Cl2N5O6. The quantitative estimate of drug-likeness (QED) is 0.104.